The molecule has 1 aromatic carbocycles. The maximum atomic E-state index is 11.6. The lowest BCUT2D eigenvalue weighted by atomic mass is 9.99. The summed E-state index contributed by atoms with van der Waals surface area (Å²) in [7, 11) is 0. The predicted molar refractivity (Wildman–Crippen MR) is 79.2 cm³/mol. The molecular weight excluding hydrogens is 280 g/mol. The van der Waals surface area contributed by atoms with Gasteiger partial charge in [-0.05, 0) is 54.1 Å². The summed E-state index contributed by atoms with van der Waals surface area (Å²) in [5.74, 6) is 0.547. The monoisotopic (exact) mass is 294 g/mol. The largest absolute Gasteiger partial charge is 0.494 e. The van der Waals surface area contributed by atoms with Gasteiger partial charge in [0.15, 0.2) is 0 Å². The van der Waals surface area contributed by atoms with E-state index in [4.69, 9.17) is 16.3 Å². The van der Waals surface area contributed by atoms with Crippen LogP contribution in [0.3, 0.4) is 0 Å². The fourth-order valence-corrected chi connectivity index (χ4v) is 3.03. The van der Waals surface area contributed by atoms with E-state index >= 15 is 0 Å². The minimum atomic E-state index is -0.315. The molecule has 1 unspecified atom stereocenters. The highest BCUT2D eigenvalue weighted by Crippen LogP contribution is 2.28. The van der Waals surface area contributed by atoms with Gasteiger partial charge in [0.25, 0.3) is 0 Å². The third-order valence-electron chi connectivity index (χ3n) is 2.81. The van der Waals surface area contributed by atoms with Crippen LogP contribution in [0.25, 0.3) is 0 Å². The van der Waals surface area contributed by atoms with Crippen molar-refractivity contribution in [1.82, 2.24) is 0 Å². The molecule has 1 heterocycles. The van der Waals surface area contributed by atoms with Crippen LogP contribution in [-0.4, -0.2) is 11.8 Å². The number of halogens is 1. The van der Waals surface area contributed by atoms with Gasteiger partial charge in [0.2, 0.25) is 5.24 Å². The highest BCUT2D eigenvalue weighted by molar-refractivity contribution is 7.10. The molecule has 0 aliphatic rings. The maximum absolute atomic E-state index is 11.6. The molecule has 0 radical (unpaired) electrons. The fraction of sp³-hybridized carbons (Fsp3) is 0.267. The summed E-state index contributed by atoms with van der Waals surface area (Å²) in [5.41, 5.74) is 1.05. The quantitative estimate of drug-likeness (QED) is 0.745. The molecule has 1 atom stereocenters. The van der Waals surface area contributed by atoms with E-state index < -0.39 is 0 Å². The van der Waals surface area contributed by atoms with Crippen LogP contribution in [0.5, 0.6) is 5.75 Å². The Hall–Kier alpha value is -1.32. The van der Waals surface area contributed by atoms with Gasteiger partial charge in [0, 0.05) is 4.88 Å². The average Bonchev–Trinajstić information content (AvgIpc) is 2.90. The van der Waals surface area contributed by atoms with Gasteiger partial charge in [0.05, 0.1) is 12.5 Å². The average molecular weight is 295 g/mol. The molecule has 19 heavy (non-hydrogen) atoms. The Balaban J connectivity index is 2.18. The molecule has 1 aromatic heterocycles. The Morgan fingerprint density at radius 3 is 2.84 bits per heavy atom. The Bertz CT molecular complexity index is 537. The van der Waals surface area contributed by atoms with Crippen molar-refractivity contribution in [2.45, 2.75) is 19.3 Å². The molecule has 0 aliphatic heterocycles. The third kappa shape index (κ3) is 3.82. The zero-order valence-electron chi connectivity index (χ0n) is 10.6. The first-order chi connectivity index (χ1) is 9.20. The topological polar surface area (TPSA) is 26.3 Å². The van der Waals surface area contributed by atoms with Gasteiger partial charge >= 0.3 is 0 Å². The summed E-state index contributed by atoms with van der Waals surface area (Å²) in [6.45, 7) is 2.58. The Kier molecular flexibility index (Phi) is 5.00. The van der Waals surface area contributed by atoms with E-state index in [1.54, 1.807) is 11.3 Å². The number of carbonyl (C=O) groups excluding carboxylic acids is 1. The van der Waals surface area contributed by atoms with E-state index in [0.29, 0.717) is 13.0 Å². The highest BCUT2D eigenvalue weighted by atomic mass is 35.5. The molecule has 2 nitrogen and oxygen atoms in total. The van der Waals surface area contributed by atoms with Crippen molar-refractivity contribution in [3.63, 3.8) is 0 Å². The van der Waals surface area contributed by atoms with E-state index in [2.05, 4.69) is 0 Å². The van der Waals surface area contributed by atoms with Gasteiger partial charge in [-0.3, -0.25) is 4.79 Å². The Labute approximate surface area is 122 Å². The molecule has 4 heteroatoms. The van der Waals surface area contributed by atoms with Gasteiger partial charge in [0.1, 0.15) is 5.75 Å². The minimum Gasteiger partial charge on any atom is -0.494 e. The van der Waals surface area contributed by atoms with Gasteiger partial charge in [-0.25, -0.2) is 0 Å². The normalized spacial score (nSPS) is 12.1. The Morgan fingerprint density at radius 2 is 2.21 bits per heavy atom. The zero-order valence-corrected chi connectivity index (χ0v) is 12.2. The molecule has 0 amide bonds. The van der Waals surface area contributed by atoms with Crippen molar-refractivity contribution in [3.8, 4) is 5.75 Å². The number of benzene rings is 1. The number of thiophene rings is 1. The van der Waals surface area contributed by atoms with E-state index in [0.717, 1.165) is 16.2 Å². The molecule has 0 saturated carbocycles. The SMILES string of the molecule is CCOc1cccc(CC(C(=O)Cl)c2cccs2)c1. The molecular formula is C15H15ClO2S. The number of carbonyl (C=O) groups is 1. The molecule has 0 aliphatic carbocycles. The second-order valence-electron chi connectivity index (χ2n) is 4.16. The molecule has 0 spiro atoms. The van der Waals surface area contributed by atoms with Gasteiger partial charge in [-0.2, -0.15) is 0 Å². The number of hydrogen-bond acceptors (Lipinski definition) is 3. The zero-order chi connectivity index (χ0) is 13.7. The fourth-order valence-electron chi connectivity index (χ4n) is 1.95. The Morgan fingerprint density at radius 1 is 1.37 bits per heavy atom. The molecule has 0 fully saturated rings. The van der Waals surface area contributed by atoms with Gasteiger partial charge < -0.3 is 4.74 Å². The number of rotatable bonds is 6. The molecule has 0 bridgehead atoms. The van der Waals surface area contributed by atoms with Crippen LogP contribution in [0.15, 0.2) is 41.8 Å². The predicted octanol–water partition coefficient (Wildman–Crippen LogP) is 4.24. The smallest absolute Gasteiger partial charge is 0.230 e. The van der Waals surface area contributed by atoms with E-state index in [-0.39, 0.29) is 11.2 Å². The van der Waals surface area contributed by atoms with Crippen molar-refractivity contribution >= 4 is 28.2 Å². The van der Waals surface area contributed by atoms with Crippen LogP contribution in [0.1, 0.15) is 23.3 Å². The summed E-state index contributed by atoms with van der Waals surface area (Å²) in [5, 5.41) is 1.64. The van der Waals surface area contributed by atoms with E-state index in [1.165, 1.54) is 0 Å². The molecule has 0 N–H and O–H groups in total. The maximum Gasteiger partial charge on any atom is 0.230 e. The highest BCUT2D eigenvalue weighted by Gasteiger charge is 2.20. The van der Waals surface area contributed by atoms with Crippen molar-refractivity contribution in [3.05, 3.63) is 52.2 Å². The van der Waals surface area contributed by atoms with Crippen LogP contribution in [0, 0.1) is 0 Å². The van der Waals surface area contributed by atoms with Crippen LogP contribution < -0.4 is 4.74 Å². The van der Waals surface area contributed by atoms with Crippen molar-refractivity contribution in [2.75, 3.05) is 6.61 Å². The first kappa shape index (κ1) is 14.1. The van der Waals surface area contributed by atoms with Crippen LogP contribution in [0.2, 0.25) is 0 Å². The molecule has 100 valence electrons. The second kappa shape index (κ2) is 6.73. The summed E-state index contributed by atoms with van der Waals surface area (Å²) >= 11 is 7.28. The van der Waals surface area contributed by atoms with E-state index in [1.807, 2.05) is 48.7 Å². The summed E-state index contributed by atoms with van der Waals surface area (Å²) in [4.78, 5) is 12.6. The van der Waals surface area contributed by atoms with Gasteiger partial charge in [-0.1, -0.05) is 18.2 Å². The summed E-state index contributed by atoms with van der Waals surface area (Å²) in [6, 6.07) is 11.7. The van der Waals surface area contributed by atoms with Crippen LogP contribution >= 0.6 is 22.9 Å². The minimum absolute atomic E-state index is 0.279. The van der Waals surface area contributed by atoms with Crippen molar-refractivity contribution in [2.24, 2.45) is 0 Å². The van der Waals surface area contributed by atoms with Crippen molar-refractivity contribution < 1.29 is 9.53 Å². The van der Waals surface area contributed by atoms with Crippen molar-refractivity contribution in [1.29, 1.82) is 0 Å². The lowest BCUT2D eigenvalue weighted by molar-refractivity contribution is -0.112. The number of ether oxygens (including phenoxy) is 1. The molecule has 0 saturated heterocycles. The van der Waals surface area contributed by atoms with E-state index in [9.17, 15) is 4.79 Å². The first-order valence-electron chi connectivity index (χ1n) is 6.15. The second-order valence-corrected chi connectivity index (χ2v) is 5.51. The third-order valence-corrected chi connectivity index (χ3v) is 4.06. The lowest BCUT2D eigenvalue weighted by Gasteiger charge is -2.12. The van der Waals surface area contributed by atoms with Crippen LogP contribution in [-0.2, 0) is 11.2 Å². The standard InChI is InChI=1S/C15H15ClO2S/c1-2-18-12-6-3-5-11(9-12)10-13(15(16)17)14-7-4-8-19-14/h3-9,13H,2,10H2,1H3. The number of hydrogen-bond donors (Lipinski definition) is 0. The molecule has 2 rings (SSSR count). The first-order valence-corrected chi connectivity index (χ1v) is 7.41. The molecule has 2 aromatic rings. The summed E-state index contributed by atoms with van der Waals surface area (Å²) in [6.07, 6.45) is 0.601. The summed E-state index contributed by atoms with van der Waals surface area (Å²) < 4.78 is 5.46. The lowest BCUT2D eigenvalue weighted by Crippen LogP contribution is -2.08. The van der Waals surface area contributed by atoms with Crippen LogP contribution in [0.4, 0.5) is 0 Å². The van der Waals surface area contributed by atoms with Gasteiger partial charge in [-0.15, -0.1) is 11.3 Å².